The molecule has 4 heteroatoms. The van der Waals surface area contributed by atoms with Crippen LogP contribution in [0.3, 0.4) is 0 Å². The zero-order valence-electron chi connectivity index (χ0n) is 9.68. The molecule has 0 aliphatic rings. The maximum Gasteiger partial charge on any atom is 0.123 e. The van der Waals surface area contributed by atoms with E-state index in [9.17, 15) is 0 Å². The monoisotopic (exact) mass is 233 g/mol. The SMILES string of the molecule is COc1ccc(OCc2ccoc2CN)cc1. The Morgan fingerprint density at radius 3 is 2.47 bits per heavy atom. The molecule has 17 heavy (non-hydrogen) atoms. The van der Waals surface area contributed by atoms with Crippen molar-refractivity contribution in [2.75, 3.05) is 7.11 Å². The zero-order chi connectivity index (χ0) is 12.1. The van der Waals surface area contributed by atoms with Crippen molar-refractivity contribution >= 4 is 0 Å². The van der Waals surface area contributed by atoms with Gasteiger partial charge in [0.2, 0.25) is 0 Å². The highest BCUT2D eigenvalue weighted by atomic mass is 16.5. The van der Waals surface area contributed by atoms with E-state index in [1.54, 1.807) is 13.4 Å². The number of ether oxygens (including phenoxy) is 2. The quantitative estimate of drug-likeness (QED) is 0.861. The summed E-state index contributed by atoms with van der Waals surface area (Å²) in [5, 5.41) is 0. The van der Waals surface area contributed by atoms with E-state index in [0.29, 0.717) is 13.2 Å². The van der Waals surface area contributed by atoms with E-state index in [1.165, 1.54) is 0 Å². The first-order valence-electron chi connectivity index (χ1n) is 5.35. The predicted molar refractivity (Wildman–Crippen MR) is 63.9 cm³/mol. The maximum atomic E-state index is 5.62. The summed E-state index contributed by atoms with van der Waals surface area (Å²) in [5.41, 5.74) is 6.51. The second-order valence-electron chi connectivity index (χ2n) is 3.54. The van der Waals surface area contributed by atoms with E-state index in [1.807, 2.05) is 30.3 Å². The predicted octanol–water partition coefficient (Wildman–Crippen LogP) is 2.33. The summed E-state index contributed by atoms with van der Waals surface area (Å²) in [6.45, 7) is 0.837. The molecule has 1 aromatic heterocycles. The van der Waals surface area contributed by atoms with Crippen molar-refractivity contribution < 1.29 is 13.9 Å². The highest BCUT2D eigenvalue weighted by Gasteiger charge is 2.05. The van der Waals surface area contributed by atoms with Crippen LogP contribution in [-0.2, 0) is 13.2 Å². The Labute approximate surface area is 99.9 Å². The standard InChI is InChI=1S/C13H15NO3/c1-15-11-2-4-12(5-3-11)17-9-10-6-7-16-13(10)8-14/h2-7H,8-9,14H2,1H3. The second-order valence-corrected chi connectivity index (χ2v) is 3.54. The smallest absolute Gasteiger partial charge is 0.123 e. The van der Waals surface area contributed by atoms with E-state index in [-0.39, 0.29) is 0 Å². The lowest BCUT2D eigenvalue weighted by molar-refractivity contribution is 0.301. The zero-order valence-corrected chi connectivity index (χ0v) is 9.68. The van der Waals surface area contributed by atoms with Crippen LogP contribution in [0.2, 0.25) is 0 Å². The maximum absolute atomic E-state index is 5.62. The highest BCUT2D eigenvalue weighted by Crippen LogP contribution is 2.19. The number of hydrogen-bond donors (Lipinski definition) is 1. The number of methoxy groups -OCH3 is 1. The van der Waals surface area contributed by atoms with Crippen molar-refractivity contribution in [3.63, 3.8) is 0 Å². The summed E-state index contributed by atoms with van der Waals surface area (Å²) < 4.78 is 15.9. The molecule has 0 amide bonds. The Balaban J connectivity index is 1.97. The minimum Gasteiger partial charge on any atom is -0.497 e. The summed E-state index contributed by atoms with van der Waals surface area (Å²) in [4.78, 5) is 0. The van der Waals surface area contributed by atoms with Crippen molar-refractivity contribution in [1.29, 1.82) is 0 Å². The number of benzene rings is 1. The first-order chi connectivity index (χ1) is 8.33. The Morgan fingerprint density at radius 1 is 1.12 bits per heavy atom. The van der Waals surface area contributed by atoms with Gasteiger partial charge in [0.05, 0.1) is 19.9 Å². The van der Waals surface area contributed by atoms with Gasteiger partial charge in [-0.1, -0.05) is 0 Å². The molecule has 0 radical (unpaired) electrons. The normalized spacial score (nSPS) is 10.2. The van der Waals surface area contributed by atoms with Crippen LogP contribution in [0.4, 0.5) is 0 Å². The van der Waals surface area contributed by atoms with Gasteiger partial charge >= 0.3 is 0 Å². The van der Waals surface area contributed by atoms with Gasteiger partial charge < -0.3 is 19.6 Å². The molecule has 2 aromatic rings. The van der Waals surface area contributed by atoms with E-state index < -0.39 is 0 Å². The van der Waals surface area contributed by atoms with Gasteiger partial charge in [-0.15, -0.1) is 0 Å². The number of hydrogen-bond acceptors (Lipinski definition) is 4. The molecule has 0 bridgehead atoms. The van der Waals surface area contributed by atoms with Crippen LogP contribution in [0.15, 0.2) is 41.0 Å². The van der Waals surface area contributed by atoms with Gasteiger partial charge in [0.1, 0.15) is 23.9 Å². The molecule has 1 heterocycles. The molecular weight excluding hydrogens is 218 g/mol. The van der Waals surface area contributed by atoms with Gasteiger partial charge in [0, 0.05) is 5.56 Å². The van der Waals surface area contributed by atoms with Gasteiger partial charge in [0.25, 0.3) is 0 Å². The van der Waals surface area contributed by atoms with E-state index in [4.69, 9.17) is 19.6 Å². The minimum atomic E-state index is 0.383. The molecule has 0 fully saturated rings. The molecule has 2 N–H and O–H groups in total. The molecule has 0 aliphatic heterocycles. The topological polar surface area (TPSA) is 57.6 Å². The molecule has 90 valence electrons. The van der Waals surface area contributed by atoms with E-state index >= 15 is 0 Å². The summed E-state index contributed by atoms with van der Waals surface area (Å²) in [7, 11) is 1.63. The largest absolute Gasteiger partial charge is 0.497 e. The van der Waals surface area contributed by atoms with Crippen LogP contribution >= 0.6 is 0 Å². The summed E-state index contributed by atoms with van der Waals surface area (Å²) in [6, 6.07) is 9.30. The summed E-state index contributed by atoms with van der Waals surface area (Å²) in [5.74, 6) is 2.36. The number of furan rings is 1. The van der Waals surface area contributed by atoms with Crippen LogP contribution in [0.5, 0.6) is 11.5 Å². The van der Waals surface area contributed by atoms with Crippen LogP contribution < -0.4 is 15.2 Å². The molecule has 2 rings (SSSR count). The summed E-state index contributed by atoms with van der Waals surface area (Å²) >= 11 is 0. The molecule has 0 unspecified atom stereocenters. The van der Waals surface area contributed by atoms with Crippen molar-refractivity contribution in [3.05, 3.63) is 47.9 Å². The number of rotatable bonds is 5. The molecule has 0 atom stereocenters. The summed E-state index contributed by atoms with van der Waals surface area (Å²) in [6.07, 6.45) is 1.62. The van der Waals surface area contributed by atoms with E-state index in [0.717, 1.165) is 22.8 Å². The van der Waals surface area contributed by atoms with Crippen LogP contribution in [-0.4, -0.2) is 7.11 Å². The highest BCUT2D eigenvalue weighted by molar-refractivity contribution is 5.31. The first kappa shape index (κ1) is 11.5. The Hall–Kier alpha value is -1.94. The van der Waals surface area contributed by atoms with Crippen LogP contribution in [0.25, 0.3) is 0 Å². The fourth-order valence-electron chi connectivity index (χ4n) is 1.51. The molecule has 4 nitrogen and oxygen atoms in total. The molecule has 0 saturated heterocycles. The first-order valence-corrected chi connectivity index (χ1v) is 5.35. The van der Waals surface area contributed by atoms with Crippen molar-refractivity contribution in [2.24, 2.45) is 5.73 Å². The molecule has 0 saturated carbocycles. The third-order valence-corrected chi connectivity index (χ3v) is 2.48. The third-order valence-electron chi connectivity index (χ3n) is 2.48. The van der Waals surface area contributed by atoms with Crippen LogP contribution in [0.1, 0.15) is 11.3 Å². The Kier molecular flexibility index (Phi) is 3.67. The molecular formula is C13H15NO3. The minimum absolute atomic E-state index is 0.383. The van der Waals surface area contributed by atoms with Gasteiger partial charge in [0.15, 0.2) is 0 Å². The second kappa shape index (κ2) is 5.41. The number of nitrogens with two attached hydrogens (primary N) is 1. The lowest BCUT2D eigenvalue weighted by atomic mass is 10.2. The molecule has 0 aliphatic carbocycles. The van der Waals surface area contributed by atoms with Crippen molar-refractivity contribution in [2.45, 2.75) is 13.2 Å². The van der Waals surface area contributed by atoms with E-state index in [2.05, 4.69) is 0 Å². The van der Waals surface area contributed by atoms with Gasteiger partial charge in [-0.05, 0) is 30.3 Å². The average molecular weight is 233 g/mol. The van der Waals surface area contributed by atoms with Gasteiger partial charge in [-0.25, -0.2) is 0 Å². The molecule has 0 spiro atoms. The van der Waals surface area contributed by atoms with Crippen molar-refractivity contribution in [3.8, 4) is 11.5 Å². The fraction of sp³-hybridized carbons (Fsp3) is 0.231. The van der Waals surface area contributed by atoms with Gasteiger partial charge in [-0.3, -0.25) is 0 Å². The lowest BCUT2D eigenvalue weighted by Gasteiger charge is -2.06. The molecule has 1 aromatic carbocycles. The third kappa shape index (κ3) is 2.79. The Bertz CT molecular complexity index is 462. The average Bonchev–Trinajstić information content (AvgIpc) is 2.84. The van der Waals surface area contributed by atoms with Crippen molar-refractivity contribution in [1.82, 2.24) is 0 Å². The lowest BCUT2D eigenvalue weighted by Crippen LogP contribution is -2.01. The fourth-order valence-corrected chi connectivity index (χ4v) is 1.51. The van der Waals surface area contributed by atoms with Gasteiger partial charge in [-0.2, -0.15) is 0 Å². The Morgan fingerprint density at radius 2 is 1.82 bits per heavy atom. The van der Waals surface area contributed by atoms with Crippen LogP contribution in [0, 0.1) is 0 Å².